The molecule has 1 heterocycles. The summed E-state index contributed by atoms with van der Waals surface area (Å²) in [6.07, 6.45) is 0.597. The topological polar surface area (TPSA) is 30.0 Å². The van der Waals surface area contributed by atoms with Gasteiger partial charge in [0.25, 0.3) is 0 Å². The number of carbonyl (C=O) groups is 1. The van der Waals surface area contributed by atoms with Crippen LogP contribution in [0.5, 0.6) is 0 Å². The first-order chi connectivity index (χ1) is 5.54. The van der Waals surface area contributed by atoms with Crippen molar-refractivity contribution in [3.8, 4) is 0 Å². The molecule has 0 radical (unpaired) electrons. The Kier molecular flexibility index (Phi) is 2.53. The number of alkyl halides is 1. The lowest BCUT2D eigenvalue weighted by atomic mass is 10.2. The molecule has 12 heavy (non-hydrogen) atoms. The molecule has 64 valence electrons. The average molecular weight is 185 g/mol. The first-order valence-corrected chi connectivity index (χ1v) is 4.02. The van der Waals surface area contributed by atoms with Crippen molar-refractivity contribution in [2.75, 3.05) is 0 Å². The van der Waals surface area contributed by atoms with Gasteiger partial charge >= 0.3 is 0 Å². The monoisotopic (exact) mass is 185 g/mol. The maximum Gasteiger partial charge on any atom is 0.168 e. The van der Waals surface area contributed by atoms with E-state index in [1.165, 1.54) is 13.0 Å². The van der Waals surface area contributed by atoms with Gasteiger partial charge in [0.05, 0.1) is 5.69 Å². The summed E-state index contributed by atoms with van der Waals surface area (Å²) in [5.41, 5.74) is 0.496. The van der Waals surface area contributed by atoms with Crippen molar-refractivity contribution in [2.24, 2.45) is 0 Å². The second-order valence-electron chi connectivity index (χ2n) is 2.64. The van der Waals surface area contributed by atoms with Crippen molar-refractivity contribution < 1.29 is 9.18 Å². The molecule has 0 aliphatic rings. The summed E-state index contributed by atoms with van der Waals surface area (Å²) < 4.78 is 13.2. The highest BCUT2D eigenvalue weighted by molar-refractivity contribution is 7.18. The van der Waals surface area contributed by atoms with E-state index >= 15 is 0 Å². The molecule has 2 atom stereocenters. The molecule has 2 unspecified atom stereocenters. The van der Waals surface area contributed by atoms with Crippen LogP contribution in [0.3, 0.4) is 0 Å². The summed E-state index contributed by atoms with van der Waals surface area (Å²) in [5.74, 6) is 0. The Labute approximate surface area is 72.4 Å². The predicted molar refractivity (Wildman–Crippen MR) is 47.8 cm³/mol. The van der Waals surface area contributed by atoms with Gasteiger partial charge in [0.2, 0.25) is 0 Å². The van der Waals surface area contributed by atoms with Gasteiger partial charge in [-0.25, -0.2) is 9.37 Å². The van der Waals surface area contributed by atoms with Crippen LogP contribution in [0, 0.1) is 0 Å². The Morgan fingerprint density at radius 2 is 2.33 bits per heavy atom. The first-order valence-electron chi connectivity index (χ1n) is 3.44. The Morgan fingerprint density at radius 3 is 2.83 bits per heavy atom. The van der Waals surface area contributed by atoms with Crippen LogP contribution < -0.4 is 0 Å². The van der Waals surface area contributed by atoms with Gasteiger partial charge in [0, 0.05) is 0 Å². The van der Waals surface area contributed by atoms with Crippen LogP contribution in [0.4, 0.5) is 4.39 Å². The molecular formula is C8H9FNOP. The summed E-state index contributed by atoms with van der Waals surface area (Å²) in [6, 6.07) is 4.68. The number of hydrogen-bond donors (Lipinski definition) is 0. The van der Waals surface area contributed by atoms with E-state index < -0.39 is 5.41 Å². The zero-order valence-electron chi connectivity index (χ0n) is 6.62. The van der Waals surface area contributed by atoms with Crippen LogP contribution >= 0.6 is 9.24 Å². The molecule has 1 rings (SSSR count). The Balaban J connectivity index is 3.10. The van der Waals surface area contributed by atoms with Crippen LogP contribution in [0.15, 0.2) is 18.2 Å². The van der Waals surface area contributed by atoms with E-state index in [0.717, 1.165) is 0 Å². The lowest BCUT2D eigenvalue weighted by Crippen LogP contribution is -2.08. The predicted octanol–water partition coefficient (Wildman–Crippen LogP) is 1.91. The molecule has 0 aromatic carbocycles. The first kappa shape index (κ1) is 9.27. The molecule has 0 saturated carbocycles. The second-order valence-corrected chi connectivity index (χ2v) is 3.73. The molecule has 0 aliphatic heterocycles. The van der Waals surface area contributed by atoms with Crippen LogP contribution in [0.2, 0.25) is 0 Å². The van der Waals surface area contributed by atoms with Crippen molar-refractivity contribution in [2.45, 2.75) is 12.3 Å². The van der Waals surface area contributed by atoms with Gasteiger partial charge in [-0.05, 0) is 19.1 Å². The van der Waals surface area contributed by atoms with E-state index in [0.29, 0.717) is 6.29 Å². The molecule has 0 aliphatic carbocycles. The number of rotatable bonds is 2. The van der Waals surface area contributed by atoms with Gasteiger partial charge in [-0.3, -0.25) is 4.79 Å². The Bertz CT molecular complexity index is 295. The highest BCUT2D eigenvalue weighted by Gasteiger charge is 2.20. The Hall–Kier alpha value is -0.820. The number of aromatic nitrogens is 1. The largest absolute Gasteiger partial charge is 0.296 e. The molecule has 4 heteroatoms. The van der Waals surface area contributed by atoms with Crippen LogP contribution in [-0.2, 0) is 5.41 Å². The summed E-state index contributed by atoms with van der Waals surface area (Å²) >= 11 is 0. The molecule has 1 aromatic heterocycles. The quantitative estimate of drug-likeness (QED) is 0.520. The van der Waals surface area contributed by atoms with Crippen molar-refractivity contribution in [3.63, 3.8) is 0 Å². The number of carbonyl (C=O) groups excluding carboxylic acids is 1. The molecule has 0 saturated heterocycles. The van der Waals surface area contributed by atoms with Crippen LogP contribution in [0.25, 0.3) is 0 Å². The van der Waals surface area contributed by atoms with E-state index in [-0.39, 0.29) is 11.4 Å². The summed E-state index contributed by atoms with van der Waals surface area (Å²) in [7, 11) is 2.03. The van der Waals surface area contributed by atoms with E-state index in [2.05, 4.69) is 4.98 Å². The molecule has 0 spiro atoms. The fourth-order valence-electron chi connectivity index (χ4n) is 0.789. The van der Waals surface area contributed by atoms with Crippen molar-refractivity contribution in [1.82, 2.24) is 4.98 Å². The molecular weight excluding hydrogens is 176 g/mol. The van der Waals surface area contributed by atoms with Gasteiger partial charge in [-0.1, -0.05) is 15.3 Å². The summed E-state index contributed by atoms with van der Waals surface area (Å²) in [6.45, 7) is 1.37. The third-order valence-corrected chi connectivity index (χ3v) is 1.69. The average Bonchev–Trinajstić information content (AvgIpc) is 2.03. The minimum absolute atomic E-state index is 0.247. The van der Waals surface area contributed by atoms with E-state index in [1.54, 1.807) is 12.1 Å². The minimum atomic E-state index is -1.57. The maximum atomic E-state index is 13.2. The Morgan fingerprint density at radius 1 is 1.67 bits per heavy atom. The number of pyridine rings is 1. The van der Waals surface area contributed by atoms with Gasteiger partial charge in [-0.2, -0.15) is 0 Å². The fourth-order valence-corrected chi connectivity index (χ4v) is 0.950. The molecule has 0 bridgehead atoms. The van der Waals surface area contributed by atoms with E-state index in [9.17, 15) is 9.18 Å². The van der Waals surface area contributed by atoms with Gasteiger partial charge in [-0.15, -0.1) is 0 Å². The normalized spacial score (nSPS) is 15.2. The summed E-state index contributed by atoms with van der Waals surface area (Å²) in [5, 5.41) is -1.57. The lowest BCUT2D eigenvalue weighted by molar-refractivity contribution is 0.111. The SMILES string of the molecule is CC(F)(P)c1cccc(C=O)n1. The molecule has 0 N–H and O–H groups in total. The zero-order chi connectivity index (χ0) is 9.19. The van der Waals surface area contributed by atoms with Crippen LogP contribution in [0.1, 0.15) is 23.1 Å². The van der Waals surface area contributed by atoms with Gasteiger partial charge in [0.15, 0.2) is 11.7 Å². The van der Waals surface area contributed by atoms with E-state index in [4.69, 9.17) is 0 Å². The highest BCUT2D eigenvalue weighted by Crippen LogP contribution is 2.30. The van der Waals surface area contributed by atoms with Gasteiger partial charge < -0.3 is 0 Å². The maximum absolute atomic E-state index is 13.2. The van der Waals surface area contributed by atoms with E-state index in [1.807, 2.05) is 9.24 Å². The van der Waals surface area contributed by atoms with Crippen molar-refractivity contribution in [1.29, 1.82) is 0 Å². The number of aldehydes is 1. The molecule has 2 nitrogen and oxygen atoms in total. The molecule has 0 amide bonds. The number of hydrogen-bond acceptors (Lipinski definition) is 2. The van der Waals surface area contributed by atoms with Gasteiger partial charge in [0.1, 0.15) is 5.69 Å². The van der Waals surface area contributed by atoms with Crippen molar-refractivity contribution >= 4 is 15.5 Å². The highest BCUT2D eigenvalue weighted by atomic mass is 31.0. The minimum Gasteiger partial charge on any atom is -0.296 e. The van der Waals surface area contributed by atoms with Crippen molar-refractivity contribution in [3.05, 3.63) is 29.6 Å². The smallest absolute Gasteiger partial charge is 0.168 e. The zero-order valence-corrected chi connectivity index (χ0v) is 7.77. The lowest BCUT2D eigenvalue weighted by Gasteiger charge is -2.12. The third kappa shape index (κ3) is 2.08. The number of halogens is 1. The summed E-state index contributed by atoms with van der Waals surface area (Å²) in [4.78, 5) is 14.1. The van der Waals surface area contributed by atoms with Crippen LogP contribution in [-0.4, -0.2) is 11.3 Å². The number of nitrogens with zero attached hydrogens (tertiary/aromatic N) is 1. The molecule has 0 fully saturated rings. The second kappa shape index (κ2) is 3.28. The standard InChI is InChI=1S/C8H9FNOP/c1-8(9,12)7-4-2-3-6(5-11)10-7/h2-5H,12H2,1H3. The fraction of sp³-hybridized carbons (Fsp3) is 0.250. The molecule has 1 aromatic rings. The third-order valence-electron chi connectivity index (χ3n) is 1.39.